The van der Waals surface area contributed by atoms with Gasteiger partial charge >= 0.3 is 5.97 Å². The van der Waals surface area contributed by atoms with Crippen LogP contribution in [0.1, 0.15) is 27.2 Å². The fraction of sp³-hybridized carbons (Fsp3) is 0.438. The van der Waals surface area contributed by atoms with Crippen LogP contribution in [-0.4, -0.2) is 36.4 Å². The third kappa shape index (κ3) is 6.01. The molecule has 0 bridgehead atoms. The highest BCUT2D eigenvalue weighted by molar-refractivity contribution is 5.90. The number of Topliss-reactive ketones (excluding diaryl/α,β-unsaturated/α-hetero) is 1. The predicted octanol–water partition coefficient (Wildman–Crippen LogP) is 2.04. The summed E-state index contributed by atoms with van der Waals surface area (Å²) in [6, 6.07) is -1.43. The van der Waals surface area contributed by atoms with E-state index in [2.05, 4.69) is 4.74 Å². The third-order valence-corrected chi connectivity index (χ3v) is 2.88. The molecule has 1 N–H and O–H groups in total. The molecule has 0 aliphatic rings. The van der Waals surface area contributed by atoms with Crippen LogP contribution in [-0.2, 0) is 19.1 Å². The molecule has 0 heterocycles. The summed E-state index contributed by atoms with van der Waals surface area (Å²) in [4.78, 5) is 34.3. The Morgan fingerprint density at radius 3 is 2.15 bits per heavy atom. The number of rotatable bonds is 8. The van der Waals surface area contributed by atoms with Crippen molar-refractivity contribution in [3.05, 3.63) is 29.3 Å². The Hall–Kier alpha value is -2.65. The van der Waals surface area contributed by atoms with E-state index < -0.39 is 65.4 Å². The normalized spacial score (nSPS) is 12.3. The second-order valence-corrected chi connectivity index (χ2v) is 6.18. The van der Waals surface area contributed by atoms with Gasteiger partial charge in [-0.2, -0.15) is 8.78 Å². The van der Waals surface area contributed by atoms with E-state index >= 15 is 0 Å². The average Bonchev–Trinajstić information content (AvgIpc) is 2.50. The van der Waals surface area contributed by atoms with Gasteiger partial charge in [0, 0.05) is 6.07 Å². The van der Waals surface area contributed by atoms with E-state index in [-0.39, 0.29) is 12.5 Å². The third-order valence-electron chi connectivity index (χ3n) is 2.88. The van der Waals surface area contributed by atoms with E-state index in [0.717, 1.165) is 0 Å². The average molecular weight is 379 g/mol. The second-order valence-electron chi connectivity index (χ2n) is 6.18. The highest BCUT2D eigenvalue weighted by atomic mass is 19.2. The van der Waals surface area contributed by atoms with Crippen LogP contribution < -0.4 is 10.1 Å². The van der Waals surface area contributed by atoms with Crippen LogP contribution in [0.3, 0.4) is 0 Å². The molecule has 0 saturated carbocycles. The molecule has 144 valence electrons. The summed E-state index contributed by atoms with van der Waals surface area (Å²) in [5.74, 6) is -10.2. The molecular formula is C16H17F4NO5. The molecule has 1 aromatic rings. The second kappa shape index (κ2) is 8.63. The zero-order chi connectivity index (χ0) is 20.1. The molecule has 1 aromatic carbocycles. The molecular weight excluding hydrogens is 362 g/mol. The molecule has 6 nitrogen and oxygen atoms in total. The fourth-order valence-corrected chi connectivity index (χ4v) is 1.82. The first-order chi connectivity index (χ1) is 12.0. The number of amides is 1. The van der Waals surface area contributed by atoms with E-state index in [9.17, 15) is 31.9 Å². The zero-order valence-corrected chi connectivity index (χ0v) is 14.2. The van der Waals surface area contributed by atoms with E-state index in [0.29, 0.717) is 0 Å². The first kappa shape index (κ1) is 21.4. The monoisotopic (exact) mass is 379 g/mol. The summed E-state index contributed by atoms with van der Waals surface area (Å²) < 4.78 is 62.6. The fourth-order valence-electron chi connectivity index (χ4n) is 1.82. The van der Waals surface area contributed by atoms with Crippen LogP contribution in [0.2, 0.25) is 0 Å². The summed E-state index contributed by atoms with van der Waals surface area (Å²) in [5, 5.41) is 2.04. The summed E-state index contributed by atoms with van der Waals surface area (Å²) >= 11 is 0. The highest BCUT2D eigenvalue weighted by Gasteiger charge is 2.27. The van der Waals surface area contributed by atoms with Crippen LogP contribution in [0.25, 0.3) is 0 Å². The van der Waals surface area contributed by atoms with Crippen LogP contribution in [0.15, 0.2) is 6.07 Å². The summed E-state index contributed by atoms with van der Waals surface area (Å²) in [6.07, 6.45) is -0.434. The van der Waals surface area contributed by atoms with Crippen LogP contribution in [0.5, 0.6) is 5.75 Å². The quantitative estimate of drug-likeness (QED) is 0.324. The Balaban J connectivity index is 2.83. The van der Waals surface area contributed by atoms with Crippen molar-refractivity contribution < 1.29 is 41.4 Å². The summed E-state index contributed by atoms with van der Waals surface area (Å²) in [6.45, 7) is 3.71. The summed E-state index contributed by atoms with van der Waals surface area (Å²) in [7, 11) is 0. The van der Waals surface area contributed by atoms with Gasteiger partial charge in [0.1, 0.15) is 18.2 Å². The standard InChI is InChI=1S/C16H17F4NO5/c1-16(2,3)26-12(24)5-10(21-7-22)11(23)6-25-15-13(19)8(17)4-9(18)14(15)20/h4,7,10H,5-6H2,1-3H3,(H,21,22). The van der Waals surface area contributed by atoms with Crippen molar-refractivity contribution in [1.29, 1.82) is 0 Å². The molecule has 0 saturated heterocycles. The Labute approximate surface area is 146 Å². The number of halogens is 4. The van der Waals surface area contributed by atoms with Gasteiger partial charge in [-0.3, -0.25) is 14.4 Å². The SMILES string of the molecule is CC(C)(C)OC(=O)CC(NC=O)C(=O)COc1c(F)c(F)cc(F)c1F. The largest absolute Gasteiger partial charge is 0.479 e. The van der Waals surface area contributed by atoms with Gasteiger partial charge in [-0.15, -0.1) is 0 Å². The van der Waals surface area contributed by atoms with Crippen LogP contribution in [0.4, 0.5) is 17.6 Å². The van der Waals surface area contributed by atoms with Crippen molar-refractivity contribution in [2.24, 2.45) is 0 Å². The minimum Gasteiger partial charge on any atom is -0.479 e. The Bertz CT molecular complexity index is 677. The maximum absolute atomic E-state index is 13.5. The van der Waals surface area contributed by atoms with Crippen molar-refractivity contribution in [3.63, 3.8) is 0 Å². The van der Waals surface area contributed by atoms with E-state index in [4.69, 9.17) is 4.74 Å². The minimum atomic E-state index is -1.82. The lowest BCUT2D eigenvalue weighted by Crippen LogP contribution is -2.41. The van der Waals surface area contributed by atoms with Crippen molar-refractivity contribution in [1.82, 2.24) is 5.32 Å². The molecule has 1 amide bonds. The Morgan fingerprint density at radius 1 is 1.15 bits per heavy atom. The number of esters is 1. The van der Waals surface area contributed by atoms with Crippen molar-refractivity contribution in [3.8, 4) is 5.75 Å². The van der Waals surface area contributed by atoms with E-state index in [1.807, 2.05) is 5.32 Å². The van der Waals surface area contributed by atoms with Gasteiger partial charge in [-0.1, -0.05) is 0 Å². The maximum Gasteiger partial charge on any atom is 0.308 e. The van der Waals surface area contributed by atoms with Gasteiger partial charge < -0.3 is 14.8 Å². The lowest BCUT2D eigenvalue weighted by Gasteiger charge is -2.21. The maximum atomic E-state index is 13.5. The summed E-state index contributed by atoms with van der Waals surface area (Å²) in [5.41, 5.74) is -0.840. The molecule has 0 radical (unpaired) electrons. The van der Waals surface area contributed by atoms with Gasteiger partial charge in [-0.25, -0.2) is 8.78 Å². The van der Waals surface area contributed by atoms with Crippen LogP contribution >= 0.6 is 0 Å². The molecule has 26 heavy (non-hydrogen) atoms. The number of benzene rings is 1. The van der Waals surface area contributed by atoms with Crippen molar-refractivity contribution >= 4 is 18.2 Å². The zero-order valence-electron chi connectivity index (χ0n) is 14.2. The molecule has 1 atom stereocenters. The van der Waals surface area contributed by atoms with Gasteiger partial charge in [-0.05, 0) is 20.8 Å². The molecule has 0 fully saturated rings. The number of hydrogen-bond donors (Lipinski definition) is 1. The lowest BCUT2D eigenvalue weighted by atomic mass is 10.1. The number of nitrogens with one attached hydrogen (secondary N) is 1. The van der Waals surface area contributed by atoms with E-state index in [1.165, 1.54) is 0 Å². The molecule has 0 aliphatic carbocycles. The molecule has 1 unspecified atom stereocenters. The van der Waals surface area contributed by atoms with Crippen molar-refractivity contribution in [2.75, 3.05) is 6.61 Å². The molecule has 1 rings (SSSR count). The number of hydrogen-bond acceptors (Lipinski definition) is 5. The Morgan fingerprint density at radius 2 is 1.69 bits per heavy atom. The molecule has 0 spiro atoms. The predicted molar refractivity (Wildman–Crippen MR) is 80.2 cm³/mol. The first-order valence-electron chi connectivity index (χ1n) is 7.36. The molecule has 0 aromatic heterocycles. The first-order valence-corrected chi connectivity index (χ1v) is 7.36. The van der Waals surface area contributed by atoms with Crippen molar-refractivity contribution in [2.45, 2.75) is 38.8 Å². The van der Waals surface area contributed by atoms with Gasteiger partial charge in [0.05, 0.1) is 6.42 Å². The smallest absolute Gasteiger partial charge is 0.308 e. The topological polar surface area (TPSA) is 81.7 Å². The van der Waals surface area contributed by atoms with Crippen LogP contribution in [0, 0.1) is 23.3 Å². The Kier molecular flexibility index (Phi) is 7.10. The lowest BCUT2D eigenvalue weighted by molar-refractivity contribution is -0.156. The highest BCUT2D eigenvalue weighted by Crippen LogP contribution is 2.26. The number of ether oxygens (including phenoxy) is 2. The van der Waals surface area contributed by atoms with Gasteiger partial charge in [0.25, 0.3) is 0 Å². The number of carbonyl (C=O) groups excluding carboxylic acids is 3. The molecule has 10 heteroatoms. The minimum absolute atomic E-state index is 0.0153. The number of ketones is 1. The number of carbonyl (C=O) groups is 3. The van der Waals surface area contributed by atoms with Gasteiger partial charge in [0.15, 0.2) is 23.2 Å². The van der Waals surface area contributed by atoms with E-state index in [1.54, 1.807) is 20.8 Å². The van der Waals surface area contributed by atoms with Gasteiger partial charge in [0.2, 0.25) is 18.0 Å². The molecule has 0 aliphatic heterocycles.